The molecule has 0 heterocycles. The Morgan fingerprint density at radius 2 is 1.86 bits per heavy atom. The Hall–Kier alpha value is -2.13. The summed E-state index contributed by atoms with van der Waals surface area (Å²) in [5.41, 5.74) is 4.73. The van der Waals surface area contributed by atoms with Gasteiger partial charge in [-0.25, -0.2) is 0 Å². The summed E-state index contributed by atoms with van der Waals surface area (Å²) in [6.45, 7) is 4.35. The van der Waals surface area contributed by atoms with Crippen LogP contribution >= 0.6 is 0 Å². The molecule has 0 saturated heterocycles. The Morgan fingerprint density at radius 1 is 1.14 bits per heavy atom. The lowest BCUT2D eigenvalue weighted by molar-refractivity contribution is -0.139. The number of carbonyl (C=O) groups is 1. The molecular formula is C18H21NO2. The molecular weight excluding hydrogens is 262 g/mol. The monoisotopic (exact) mass is 283 g/mol. The number of ether oxygens (including phenoxy) is 1. The first kappa shape index (κ1) is 15.3. The molecule has 110 valence electrons. The summed E-state index contributed by atoms with van der Waals surface area (Å²) in [4.78, 5) is 11.4. The van der Waals surface area contributed by atoms with Crippen LogP contribution in [0.3, 0.4) is 0 Å². The van der Waals surface area contributed by atoms with Gasteiger partial charge in [0.1, 0.15) is 0 Å². The van der Waals surface area contributed by atoms with E-state index in [1.807, 2.05) is 18.2 Å². The van der Waals surface area contributed by atoms with Crippen LogP contribution in [0.2, 0.25) is 0 Å². The molecule has 3 heteroatoms. The van der Waals surface area contributed by atoms with Crippen molar-refractivity contribution in [2.75, 3.05) is 13.7 Å². The van der Waals surface area contributed by atoms with Gasteiger partial charge in [0.15, 0.2) is 0 Å². The molecule has 0 fully saturated rings. The zero-order valence-corrected chi connectivity index (χ0v) is 12.7. The fourth-order valence-electron chi connectivity index (χ4n) is 2.38. The fourth-order valence-corrected chi connectivity index (χ4v) is 2.38. The number of aryl methyl sites for hydroxylation is 2. The van der Waals surface area contributed by atoms with Crippen molar-refractivity contribution in [1.82, 2.24) is 5.32 Å². The maximum Gasteiger partial charge on any atom is 0.319 e. The highest BCUT2D eigenvalue weighted by Gasteiger charge is 2.17. The molecule has 2 aromatic rings. The van der Waals surface area contributed by atoms with Gasteiger partial charge in [-0.05, 0) is 30.5 Å². The van der Waals surface area contributed by atoms with E-state index in [4.69, 9.17) is 4.74 Å². The molecule has 2 rings (SSSR count). The van der Waals surface area contributed by atoms with Gasteiger partial charge in [0, 0.05) is 0 Å². The predicted molar refractivity (Wildman–Crippen MR) is 84.2 cm³/mol. The lowest BCUT2D eigenvalue weighted by atomic mass is 9.93. The summed E-state index contributed by atoms with van der Waals surface area (Å²) in [5.74, 6) is -0.263. The Kier molecular flexibility index (Phi) is 5.12. The van der Waals surface area contributed by atoms with Crippen LogP contribution in [0.25, 0.3) is 0 Å². The number of hydrogen-bond donors (Lipinski definition) is 1. The van der Waals surface area contributed by atoms with Crippen LogP contribution in [0.4, 0.5) is 0 Å². The Bertz CT molecular complexity index is 608. The van der Waals surface area contributed by atoms with Gasteiger partial charge in [-0.3, -0.25) is 10.1 Å². The molecule has 0 aliphatic heterocycles. The lowest BCUT2D eigenvalue weighted by Crippen LogP contribution is -2.29. The van der Waals surface area contributed by atoms with Crippen molar-refractivity contribution in [3.63, 3.8) is 0 Å². The Morgan fingerprint density at radius 3 is 2.52 bits per heavy atom. The van der Waals surface area contributed by atoms with E-state index in [0.29, 0.717) is 0 Å². The van der Waals surface area contributed by atoms with Crippen molar-refractivity contribution >= 4 is 5.97 Å². The van der Waals surface area contributed by atoms with Gasteiger partial charge in [-0.15, -0.1) is 0 Å². The van der Waals surface area contributed by atoms with Gasteiger partial charge in [-0.1, -0.05) is 54.1 Å². The van der Waals surface area contributed by atoms with Crippen molar-refractivity contribution in [3.8, 4) is 0 Å². The molecule has 0 spiro atoms. The molecule has 0 amide bonds. The van der Waals surface area contributed by atoms with Crippen molar-refractivity contribution in [3.05, 3.63) is 70.8 Å². The highest BCUT2D eigenvalue weighted by atomic mass is 16.5. The zero-order chi connectivity index (χ0) is 15.2. The third-order valence-corrected chi connectivity index (χ3v) is 3.56. The Balaban J connectivity index is 2.35. The first-order chi connectivity index (χ1) is 10.1. The van der Waals surface area contributed by atoms with Crippen LogP contribution in [-0.4, -0.2) is 19.6 Å². The molecule has 0 saturated carbocycles. The van der Waals surface area contributed by atoms with Crippen LogP contribution < -0.4 is 5.32 Å². The van der Waals surface area contributed by atoms with E-state index in [9.17, 15) is 4.79 Å². The summed E-state index contributed by atoms with van der Waals surface area (Å²) in [7, 11) is 1.40. The number of carbonyl (C=O) groups excluding carboxylic acids is 1. The quantitative estimate of drug-likeness (QED) is 0.857. The smallest absolute Gasteiger partial charge is 0.319 e. The fraction of sp³-hybridized carbons (Fsp3) is 0.278. The molecule has 0 radical (unpaired) electrons. The first-order valence-electron chi connectivity index (χ1n) is 7.04. The van der Waals surface area contributed by atoms with Gasteiger partial charge in [0.25, 0.3) is 0 Å². The summed E-state index contributed by atoms with van der Waals surface area (Å²) in [6, 6.07) is 16.5. The topological polar surface area (TPSA) is 38.3 Å². The third-order valence-electron chi connectivity index (χ3n) is 3.56. The van der Waals surface area contributed by atoms with Gasteiger partial charge in [0.05, 0.1) is 19.7 Å². The van der Waals surface area contributed by atoms with E-state index < -0.39 is 0 Å². The number of nitrogens with one attached hydrogen (secondary N) is 1. The number of benzene rings is 2. The molecule has 1 N–H and O–H groups in total. The molecule has 0 aliphatic rings. The van der Waals surface area contributed by atoms with Gasteiger partial charge in [0.2, 0.25) is 0 Å². The number of methoxy groups -OCH3 is 1. The van der Waals surface area contributed by atoms with E-state index in [1.165, 1.54) is 23.8 Å². The minimum atomic E-state index is -0.263. The van der Waals surface area contributed by atoms with Gasteiger partial charge in [-0.2, -0.15) is 0 Å². The molecule has 0 aliphatic carbocycles. The minimum absolute atomic E-state index is 0.0230. The second-order valence-electron chi connectivity index (χ2n) is 5.16. The summed E-state index contributed by atoms with van der Waals surface area (Å²) in [6.07, 6.45) is 0. The van der Waals surface area contributed by atoms with Gasteiger partial charge >= 0.3 is 5.97 Å². The van der Waals surface area contributed by atoms with Crippen LogP contribution in [0.15, 0.2) is 48.5 Å². The average Bonchev–Trinajstić information content (AvgIpc) is 2.51. The first-order valence-corrected chi connectivity index (χ1v) is 7.04. The van der Waals surface area contributed by atoms with Crippen molar-refractivity contribution < 1.29 is 9.53 Å². The second kappa shape index (κ2) is 7.04. The zero-order valence-electron chi connectivity index (χ0n) is 12.7. The molecule has 2 aromatic carbocycles. The van der Waals surface area contributed by atoms with Crippen molar-refractivity contribution in [1.29, 1.82) is 0 Å². The second-order valence-corrected chi connectivity index (χ2v) is 5.16. The van der Waals surface area contributed by atoms with Crippen LogP contribution in [-0.2, 0) is 9.53 Å². The lowest BCUT2D eigenvalue weighted by Gasteiger charge is -2.21. The average molecular weight is 283 g/mol. The summed E-state index contributed by atoms with van der Waals surface area (Å²) >= 11 is 0. The van der Waals surface area contributed by atoms with Crippen LogP contribution in [0.1, 0.15) is 28.3 Å². The number of esters is 1. The van der Waals surface area contributed by atoms with E-state index in [0.717, 1.165) is 5.56 Å². The SMILES string of the molecule is COC(=O)CNC(c1ccccc1)c1cc(C)ccc1C. The normalized spacial score (nSPS) is 12.0. The highest BCUT2D eigenvalue weighted by molar-refractivity contribution is 5.71. The highest BCUT2D eigenvalue weighted by Crippen LogP contribution is 2.25. The van der Waals surface area contributed by atoms with E-state index in [-0.39, 0.29) is 18.6 Å². The largest absolute Gasteiger partial charge is 0.468 e. The molecule has 1 unspecified atom stereocenters. The van der Waals surface area contributed by atoms with E-state index in [2.05, 4.69) is 49.5 Å². The molecule has 3 nitrogen and oxygen atoms in total. The Labute approximate surface area is 126 Å². The van der Waals surface area contributed by atoms with E-state index in [1.54, 1.807) is 0 Å². The van der Waals surface area contributed by atoms with E-state index >= 15 is 0 Å². The predicted octanol–water partition coefficient (Wildman–Crippen LogP) is 3.16. The van der Waals surface area contributed by atoms with Crippen LogP contribution in [0.5, 0.6) is 0 Å². The maximum atomic E-state index is 11.4. The standard InChI is InChI=1S/C18H21NO2/c1-13-9-10-14(2)16(11-13)18(19-12-17(20)21-3)15-7-5-4-6-8-15/h4-11,18-19H,12H2,1-3H3. The molecule has 0 bridgehead atoms. The number of rotatable bonds is 5. The van der Waals surface area contributed by atoms with Crippen LogP contribution in [0, 0.1) is 13.8 Å². The third kappa shape index (κ3) is 3.92. The maximum absolute atomic E-state index is 11.4. The summed E-state index contributed by atoms with van der Waals surface area (Å²) < 4.78 is 4.72. The van der Waals surface area contributed by atoms with Crippen molar-refractivity contribution in [2.24, 2.45) is 0 Å². The number of hydrogen-bond acceptors (Lipinski definition) is 3. The molecule has 1 atom stereocenters. The molecule has 21 heavy (non-hydrogen) atoms. The van der Waals surface area contributed by atoms with Crippen molar-refractivity contribution in [2.45, 2.75) is 19.9 Å². The van der Waals surface area contributed by atoms with Gasteiger partial charge < -0.3 is 4.74 Å². The minimum Gasteiger partial charge on any atom is -0.468 e. The summed E-state index contributed by atoms with van der Waals surface area (Å²) in [5, 5.41) is 3.30. The molecule has 0 aromatic heterocycles.